The van der Waals surface area contributed by atoms with Gasteiger partial charge in [0.05, 0.1) is 5.39 Å². The summed E-state index contributed by atoms with van der Waals surface area (Å²) in [6.07, 6.45) is 3.53. The maximum Gasteiger partial charge on any atom is 0.226 e. The third kappa shape index (κ3) is 2.95. The molecule has 0 bridgehead atoms. The lowest BCUT2D eigenvalue weighted by Crippen LogP contribution is -2.47. The Balaban J connectivity index is 1.53. The van der Waals surface area contributed by atoms with Crippen LogP contribution in [-0.4, -0.2) is 65.2 Å². The molecule has 0 aliphatic carbocycles. The Bertz CT molecular complexity index is 879. The highest BCUT2D eigenvalue weighted by Gasteiger charge is 2.21. The second kappa shape index (κ2) is 6.19. The molecule has 130 valence electrons. The lowest BCUT2D eigenvalue weighted by molar-refractivity contribution is 0.641. The number of nitrogens with zero attached hydrogens (tertiary/aromatic N) is 7. The molecular formula is C17H22N8. The van der Waals surface area contributed by atoms with Crippen molar-refractivity contribution in [3.63, 3.8) is 0 Å². The first kappa shape index (κ1) is 15.6. The van der Waals surface area contributed by atoms with Crippen molar-refractivity contribution in [2.45, 2.75) is 6.92 Å². The van der Waals surface area contributed by atoms with Crippen LogP contribution < -0.4 is 14.7 Å². The van der Waals surface area contributed by atoms with Crippen molar-refractivity contribution in [2.24, 2.45) is 0 Å². The first-order chi connectivity index (χ1) is 12.1. The summed E-state index contributed by atoms with van der Waals surface area (Å²) in [5.74, 6) is 2.74. The Hall–Kier alpha value is -2.90. The maximum atomic E-state index is 4.69. The summed E-state index contributed by atoms with van der Waals surface area (Å²) in [5.41, 5.74) is 1.87. The Labute approximate surface area is 146 Å². The molecule has 1 aliphatic heterocycles. The van der Waals surface area contributed by atoms with E-state index in [1.165, 1.54) is 0 Å². The third-order valence-corrected chi connectivity index (χ3v) is 4.47. The number of aryl methyl sites for hydroxylation is 1. The number of piperazine rings is 1. The first-order valence-corrected chi connectivity index (χ1v) is 8.43. The van der Waals surface area contributed by atoms with Gasteiger partial charge in [0, 0.05) is 58.2 Å². The van der Waals surface area contributed by atoms with E-state index in [2.05, 4.69) is 40.8 Å². The molecule has 25 heavy (non-hydrogen) atoms. The highest BCUT2D eigenvalue weighted by molar-refractivity contribution is 5.87. The summed E-state index contributed by atoms with van der Waals surface area (Å²) in [6.45, 7) is 5.62. The number of nitrogens with one attached hydrogen (secondary N) is 1. The molecule has 1 saturated heterocycles. The number of hydrogen-bond acceptors (Lipinski definition) is 7. The fourth-order valence-electron chi connectivity index (χ4n) is 3.16. The van der Waals surface area contributed by atoms with Crippen LogP contribution in [0.4, 0.5) is 17.6 Å². The van der Waals surface area contributed by atoms with Crippen molar-refractivity contribution in [1.82, 2.24) is 24.9 Å². The monoisotopic (exact) mass is 338 g/mol. The van der Waals surface area contributed by atoms with Crippen LogP contribution in [0.1, 0.15) is 5.69 Å². The van der Waals surface area contributed by atoms with Crippen LogP contribution in [-0.2, 0) is 0 Å². The number of fused-ring (bicyclic) bond motifs is 1. The molecular weight excluding hydrogens is 316 g/mol. The lowest BCUT2D eigenvalue weighted by Gasteiger charge is -2.36. The van der Waals surface area contributed by atoms with Crippen molar-refractivity contribution in [1.29, 1.82) is 0 Å². The highest BCUT2D eigenvalue weighted by atomic mass is 15.3. The summed E-state index contributed by atoms with van der Waals surface area (Å²) in [6, 6.07) is 4.09. The maximum absolute atomic E-state index is 4.69. The van der Waals surface area contributed by atoms with E-state index in [0.29, 0.717) is 0 Å². The lowest BCUT2D eigenvalue weighted by atomic mass is 10.2. The molecule has 1 N–H and O–H groups in total. The number of aromatic amines is 1. The number of rotatable bonds is 3. The van der Waals surface area contributed by atoms with Gasteiger partial charge in [-0.3, -0.25) is 0 Å². The molecule has 0 saturated carbocycles. The van der Waals surface area contributed by atoms with Gasteiger partial charge in [-0.1, -0.05) is 0 Å². The predicted octanol–water partition coefficient (Wildman–Crippen LogP) is 1.45. The third-order valence-electron chi connectivity index (χ3n) is 4.47. The van der Waals surface area contributed by atoms with Crippen molar-refractivity contribution in [3.05, 3.63) is 30.4 Å². The number of aromatic nitrogens is 5. The second-order valence-corrected chi connectivity index (χ2v) is 6.47. The topological polar surface area (TPSA) is 77.1 Å². The van der Waals surface area contributed by atoms with E-state index in [9.17, 15) is 0 Å². The molecule has 4 rings (SSSR count). The minimum Gasteiger partial charge on any atom is -0.353 e. The Morgan fingerprint density at radius 2 is 1.80 bits per heavy atom. The highest BCUT2D eigenvalue weighted by Crippen LogP contribution is 2.24. The summed E-state index contributed by atoms with van der Waals surface area (Å²) >= 11 is 0. The van der Waals surface area contributed by atoms with Crippen LogP contribution >= 0.6 is 0 Å². The van der Waals surface area contributed by atoms with Gasteiger partial charge in [0.2, 0.25) is 5.95 Å². The van der Waals surface area contributed by atoms with Crippen LogP contribution in [0.3, 0.4) is 0 Å². The van der Waals surface area contributed by atoms with E-state index >= 15 is 0 Å². The summed E-state index contributed by atoms with van der Waals surface area (Å²) in [4.78, 5) is 27.6. The van der Waals surface area contributed by atoms with Gasteiger partial charge in [-0.05, 0) is 13.0 Å². The smallest absolute Gasteiger partial charge is 0.226 e. The molecule has 0 amide bonds. The van der Waals surface area contributed by atoms with E-state index in [0.717, 1.165) is 60.5 Å². The molecule has 1 fully saturated rings. The normalized spacial score (nSPS) is 15.0. The van der Waals surface area contributed by atoms with Crippen LogP contribution in [0.25, 0.3) is 11.0 Å². The molecule has 0 unspecified atom stereocenters. The molecule has 0 radical (unpaired) electrons. The van der Waals surface area contributed by atoms with E-state index in [1.807, 2.05) is 38.2 Å². The molecule has 8 heteroatoms. The summed E-state index contributed by atoms with van der Waals surface area (Å²) in [5, 5.41) is 1.07. The van der Waals surface area contributed by atoms with Gasteiger partial charge < -0.3 is 19.7 Å². The minimum atomic E-state index is 0.752. The second-order valence-electron chi connectivity index (χ2n) is 6.47. The fourth-order valence-corrected chi connectivity index (χ4v) is 3.16. The summed E-state index contributed by atoms with van der Waals surface area (Å²) < 4.78 is 0. The zero-order chi connectivity index (χ0) is 17.4. The van der Waals surface area contributed by atoms with E-state index in [1.54, 1.807) is 6.33 Å². The molecule has 1 aliphatic rings. The number of H-pyrrole nitrogens is 1. The average molecular weight is 338 g/mol. The fraction of sp³-hybridized carbons (Fsp3) is 0.412. The minimum absolute atomic E-state index is 0.752. The Morgan fingerprint density at radius 1 is 1.04 bits per heavy atom. The Morgan fingerprint density at radius 3 is 2.56 bits per heavy atom. The van der Waals surface area contributed by atoms with Crippen LogP contribution in [0.5, 0.6) is 0 Å². The first-order valence-electron chi connectivity index (χ1n) is 8.43. The number of hydrogen-bond donors (Lipinski definition) is 1. The zero-order valence-electron chi connectivity index (χ0n) is 14.8. The average Bonchev–Trinajstić information content (AvgIpc) is 3.10. The Kier molecular flexibility index (Phi) is 3.87. The van der Waals surface area contributed by atoms with Gasteiger partial charge in [0.25, 0.3) is 0 Å². The molecule has 3 aromatic rings. The predicted molar refractivity (Wildman–Crippen MR) is 99.4 cm³/mol. The SMILES string of the molecule is Cc1cc(N2CCN(c3ncnc4[nH]ccc34)CC2)nc(N(C)C)n1. The van der Waals surface area contributed by atoms with Gasteiger partial charge in [-0.15, -0.1) is 0 Å². The van der Waals surface area contributed by atoms with Crippen molar-refractivity contribution < 1.29 is 0 Å². The van der Waals surface area contributed by atoms with Crippen LogP contribution in [0.15, 0.2) is 24.7 Å². The molecule has 8 nitrogen and oxygen atoms in total. The molecule has 0 atom stereocenters. The van der Waals surface area contributed by atoms with Crippen LogP contribution in [0.2, 0.25) is 0 Å². The van der Waals surface area contributed by atoms with Gasteiger partial charge in [-0.2, -0.15) is 4.98 Å². The standard InChI is InChI=1S/C17H22N8/c1-12-10-14(22-17(21-12)23(2)3)24-6-8-25(9-7-24)16-13-4-5-18-15(13)19-11-20-16/h4-5,10-11H,6-9H2,1-3H3,(H,18,19,20). The number of anilines is 3. The quantitative estimate of drug-likeness (QED) is 0.774. The molecule has 4 heterocycles. The van der Waals surface area contributed by atoms with Gasteiger partial charge in [0.1, 0.15) is 23.6 Å². The molecule has 0 spiro atoms. The van der Waals surface area contributed by atoms with Gasteiger partial charge in [-0.25, -0.2) is 15.0 Å². The molecule has 0 aromatic carbocycles. The summed E-state index contributed by atoms with van der Waals surface area (Å²) in [7, 11) is 3.93. The van der Waals surface area contributed by atoms with Gasteiger partial charge >= 0.3 is 0 Å². The van der Waals surface area contributed by atoms with E-state index in [4.69, 9.17) is 0 Å². The van der Waals surface area contributed by atoms with Crippen LogP contribution in [0, 0.1) is 6.92 Å². The van der Waals surface area contributed by atoms with E-state index < -0.39 is 0 Å². The zero-order valence-corrected chi connectivity index (χ0v) is 14.8. The van der Waals surface area contributed by atoms with E-state index in [-0.39, 0.29) is 0 Å². The van der Waals surface area contributed by atoms with Crippen molar-refractivity contribution in [2.75, 3.05) is 55.0 Å². The molecule has 3 aromatic heterocycles. The largest absolute Gasteiger partial charge is 0.353 e. The van der Waals surface area contributed by atoms with Crippen molar-refractivity contribution >= 4 is 28.6 Å². The van der Waals surface area contributed by atoms with Gasteiger partial charge in [0.15, 0.2) is 0 Å². The van der Waals surface area contributed by atoms with Crippen molar-refractivity contribution in [3.8, 4) is 0 Å².